The summed E-state index contributed by atoms with van der Waals surface area (Å²) in [6.07, 6.45) is 0.491. The van der Waals surface area contributed by atoms with Crippen LogP contribution in [-0.2, 0) is 14.3 Å². The van der Waals surface area contributed by atoms with Gasteiger partial charge in [0, 0.05) is 12.6 Å². The first kappa shape index (κ1) is 12.9. The Labute approximate surface area is 94.9 Å². The van der Waals surface area contributed by atoms with Gasteiger partial charge in [0.1, 0.15) is 5.54 Å². The van der Waals surface area contributed by atoms with Gasteiger partial charge in [-0.2, -0.15) is 0 Å². The Hall–Kier alpha value is -1.14. The average molecular weight is 229 g/mol. The molecule has 0 aromatic rings. The van der Waals surface area contributed by atoms with Gasteiger partial charge in [0.25, 0.3) is 0 Å². The van der Waals surface area contributed by atoms with Gasteiger partial charge in [0.15, 0.2) is 0 Å². The minimum absolute atomic E-state index is 0.0457. The number of ether oxygens (including phenoxy) is 1. The molecule has 1 saturated heterocycles. The molecule has 1 heterocycles. The summed E-state index contributed by atoms with van der Waals surface area (Å²) in [5.74, 6) is -0.547. The second-order valence-corrected chi connectivity index (χ2v) is 4.36. The molecule has 1 rings (SSSR count). The van der Waals surface area contributed by atoms with Gasteiger partial charge in [-0.1, -0.05) is 0 Å². The maximum absolute atomic E-state index is 11.7. The number of rotatable bonds is 4. The molecule has 0 saturated carbocycles. The van der Waals surface area contributed by atoms with Gasteiger partial charge in [0.2, 0.25) is 11.8 Å². The Bertz CT molecular complexity index is 272. The van der Waals surface area contributed by atoms with E-state index in [9.17, 15) is 9.59 Å². The summed E-state index contributed by atoms with van der Waals surface area (Å²) >= 11 is 0. The van der Waals surface area contributed by atoms with Crippen LogP contribution in [-0.4, -0.2) is 43.2 Å². The van der Waals surface area contributed by atoms with Crippen molar-refractivity contribution in [1.82, 2.24) is 10.6 Å². The zero-order chi connectivity index (χ0) is 12.2. The van der Waals surface area contributed by atoms with Crippen LogP contribution in [0.25, 0.3) is 0 Å². The number of nitrogens with two attached hydrogens (primary N) is 1. The molecule has 1 unspecified atom stereocenters. The van der Waals surface area contributed by atoms with Crippen LogP contribution in [0.3, 0.4) is 0 Å². The molecular weight excluding hydrogens is 210 g/mol. The van der Waals surface area contributed by atoms with Crippen LogP contribution < -0.4 is 16.4 Å². The topological polar surface area (TPSA) is 93.5 Å². The Kier molecular flexibility index (Phi) is 4.26. The lowest BCUT2D eigenvalue weighted by molar-refractivity contribution is -0.129. The van der Waals surface area contributed by atoms with E-state index in [-0.39, 0.29) is 31.0 Å². The summed E-state index contributed by atoms with van der Waals surface area (Å²) in [7, 11) is 0. The number of hydrogen-bond acceptors (Lipinski definition) is 4. The third-order valence-corrected chi connectivity index (χ3v) is 2.36. The average Bonchev–Trinajstić information content (AvgIpc) is 2.62. The van der Waals surface area contributed by atoms with Gasteiger partial charge in [-0.15, -0.1) is 0 Å². The van der Waals surface area contributed by atoms with E-state index in [0.29, 0.717) is 13.0 Å². The van der Waals surface area contributed by atoms with E-state index in [0.717, 1.165) is 0 Å². The summed E-state index contributed by atoms with van der Waals surface area (Å²) in [6.45, 7) is 4.37. The van der Waals surface area contributed by atoms with Crippen LogP contribution in [0.15, 0.2) is 0 Å². The predicted octanol–water partition coefficient (Wildman–Crippen LogP) is -1.25. The van der Waals surface area contributed by atoms with Crippen molar-refractivity contribution in [1.29, 1.82) is 0 Å². The first-order valence-corrected chi connectivity index (χ1v) is 5.38. The SMILES string of the molecule is CC(C)NC(=O)CNC(=O)C1(N)CCOC1. The molecule has 4 N–H and O–H groups in total. The Morgan fingerprint density at radius 1 is 1.50 bits per heavy atom. The lowest BCUT2D eigenvalue weighted by Gasteiger charge is -2.20. The molecule has 0 aromatic carbocycles. The number of carbonyl (C=O) groups excluding carboxylic acids is 2. The predicted molar refractivity (Wildman–Crippen MR) is 58.6 cm³/mol. The summed E-state index contributed by atoms with van der Waals surface area (Å²) in [5.41, 5.74) is 4.85. The third kappa shape index (κ3) is 3.46. The van der Waals surface area contributed by atoms with E-state index >= 15 is 0 Å². The molecule has 1 aliphatic rings. The number of nitrogens with one attached hydrogen (secondary N) is 2. The lowest BCUT2D eigenvalue weighted by Crippen LogP contribution is -2.56. The minimum atomic E-state index is -0.974. The Balaban J connectivity index is 2.32. The van der Waals surface area contributed by atoms with Crippen LogP contribution in [0.1, 0.15) is 20.3 Å². The zero-order valence-electron chi connectivity index (χ0n) is 9.71. The van der Waals surface area contributed by atoms with Crippen molar-refractivity contribution in [2.24, 2.45) is 5.73 Å². The molecule has 1 atom stereocenters. The van der Waals surface area contributed by atoms with E-state index in [1.54, 1.807) is 0 Å². The molecular formula is C10H19N3O3. The maximum Gasteiger partial charge on any atom is 0.243 e. The molecule has 1 aliphatic heterocycles. The van der Waals surface area contributed by atoms with Gasteiger partial charge in [-0.05, 0) is 20.3 Å². The molecule has 92 valence electrons. The standard InChI is InChI=1S/C10H19N3O3/c1-7(2)13-8(14)5-12-9(15)10(11)3-4-16-6-10/h7H,3-6,11H2,1-2H3,(H,12,15)(H,13,14). The van der Waals surface area contributed by atoms with Crippen molar-refractivity contribution in [2.45, 2.75) is 31.8 Å². The van der Waals surface area contributed by atoms with E-state index in [4.69, 9.17) is 10.5 Å². The maximum atomic E-state index is 11.7. The summed E-state index contributed by atoms with van der Waals surface area (Å²) in [6, 6.07) is 0.0612. The number of carbonyl (C=O) groups is 2. The molecule has 6 nitrogen and oxygen atoms in total. The summed E-state index contributed by atoms with van der Waals surface area (Å²) < 4.78 is 5.07. The first-order chi connectivity index (χ1) is 7.44. The Morgan fingerprint density at radius 2 is 2.19 bits per heavy atom. The van der Waals surface area contributed by atoms with Gasteiger partial charge in [0.05, 0.1) is 13.2 Å². The fourth-order valence-electron chi connectivity index (χ4n) is 1.47. The van der Waals surface area contributed by atoms with Crippen molar-refractivity contribution < 1.29 is 14.3 Å². The number of hydrogen-bond donors (Lipinski definition) is 3. The molecule has 2 amide bonds. The fourth-order valence-corrected chi connectivity index (χ4v) is 1.47. The second kappa shape index (κ2) is 5.27. The van der Waals surface area contributed by atoms with E-state index in [1.807, 2.05) is 13.8 Å². The zero-order valence-corrected chi connectivity index (χ0v) is 9.71. The molecule has 0 bridgehead atoms. The van der Waals surface area contributed by atoms with E-state index in [1.165, 1.54) is 0 Å². The highest BCUT2D eigenvalue weighted by atomic mass is 16.5. The van der Waals surface area contributed by atoms with Gasteiger partial charge < -0.3 is 21.1 Å². The quantitative estimate of drug-likeness (QED) is 0.561. The second-order valence-electron chi connectivity index (χ2n) is 4.36. The third-order valence-electron chi connectivity index (χ3n) is 2.36. The number of amides is 2. The van der Waals surface area contributed by atoms with Crippen LogP contribution in [0.5, 0.6) is 0 Å². The smallest absolute Gasteiger partial charge is 0.243 e. The van der Waals surface area contributed by atoms with Crippen molar-refractivity contribution >= 4 is 11.8 Å². The summed E-state index contributed by atoms with van der Waals surface area (Å²) in [5, 5.41) is 5.19. The minimum Gasteiger partial charge on any atom is -0.379 e. The molecule has 0 spiro atoms. The lowest BCUT2D eigenvalue weighted by atomic mass is 9.99. The highest BCUT2D eigenvalue weighted by Gasteiger charge is 2.38. The molecule has 16 heavy (non-hydrogen) atoms. The normalized spacial score (nSPS) is 24.5. The van der Waals surface area contributed by atoms with Crippen molar-refractivity contribution in [3.63, 3.8) is 0 Å². The van der Waals surface area contributed by atoms with Crippen LogP contribution in [0.4, 0.5) is 0 Å². The van der Waals surface area contributed by atoms with Crippen molar-refractivity contribution in [3.05, 3.63) is 0 Å². The molecule has 0 aliphatic carbocycles. The van der Waals surface area contributed by atoms with E-state index < -0.39 is 5.54 Å². The van der Waals surface area contributed by atoms with Crippen LogP contribution in [0.2, 0.25) is 0 Å². The largest absolute Gasteiger partial charge is 0.379 e. The van der Waals surface area contributed by atoms with Gasteiger partial charge in [-0.3, -0.25) is 9.59 Å². The highest BCUT2D eigenvalue weighted by molar-refractivity contribution is 5.90. The van der Waals surface area contributed by atoms with Crippen LogP contribution in [0, 0.1) is 0 Å². The van der Waals surface area contributed by atoms with Crippen molar-refractivity contribution in [3.8, 4) is 0 Å². The van der Waals surface area contributed by atoms with Crippen LogP contribution >= 0.6 is 0 Å². The molecule has 1 fully saturated rings. The van der Waals surface area contributed by atoms with E-state index in [2.05, 4.69) is 10.6 Å². The summed E-state index contributed by atoms with van der Waals surface area (Å²) in [4.78, 5) is 22.9. The van der Waals surface area contributed by atoms with Crippen molar-refractivity contribution in [2.75, 3.05) is 19.8 Å². The fraction of sp³-hybridized carbons (Fsp3) is 0.800. The molecule has 6 heteroatoms. The van der Waals surface area contributed by atoms with Gasteiger partial charge in [-0.25, -0.2) is 0 Å². The molecule has 0 aromatic heterocycles. The molecule has 0 radical (unpaired) electrons. The van der Waals surface area contributed by atoms with Gasteiger partial charge >= 0.3 is 0 Å². The first-order valence-electron chi connectivity index (χ1n) is 5.38. The Morgan fingerprint density at radius 3 is 2.69 bits per heavy atom. The highest BCUT2D eigenvalue weighted by Crippen LogP contribution is 2.14. The monoisotopic (exact) mass is 229 g/mol.